The van der Waals surface area contributed by atoms with E-state index in [-0.39, 0.29) is 6.61 Å². The zero-order chi connectivity index (χ0) is 9.97. The smallest absolute Gasteiger partial charge is 0.186 e. The van der Waals surface area contributed by atoms with Crippen LogP contribution < -0.4 is 5.73 Å². The normalized spacial score (nSPS) is 11.5. The van der Waals surface area contributed by atoms with E-state index in [0.717, 1.165) is 0 Å². The molecule has 6 heteroatoms. The Morgan fingerprint density at radius 1 is 1.50 bits per heavy atom. The van der Waals surface area contributed by atoms with Gasteiger partial charge < -0.3 is 10.8 Å². The quantitative estimate of drug-likeness (QED) is 0.617. The molecular formula is C8H9N5O. The number of aliphatic hydroxyl groups excluding tert-OH is 1. The highest BCUT2D eigenvalue weighted by molar-refractivity contribution is 5.92. The number of nitrogens with one attached hydrogen (secondary N) is 1. The number of anilines is 1. The zero-order valence-corrected chi connectivity index (χ0v) is 7.31. The molecule has 0 atom stereocenters. The van der Waals surface area contributed by atoms with Gasteiger partial charge in [0.2, 0.25) is 0 Å². The Hall–Kier alpha value is -1.95. The fourth-order valence-electron chi connectivity index (χ4n) is 1.19. The molecule has 4 N–H and O–H groups in total. The highest BCUT2D eigenvalue weighted by atomic mass is 16.2. The summed E-state index contributed by atoms with van der Waals surface area (Å²) >= 11 is 0. The predicted octanol–water partition coefficient (Wildman–Crippen LogP) is -0.0594. The summed E-state index contributed by atoms with van der Waals surface area (Å²) in [6, 6.07) is 0. The summed E-state index contributed by atoms with van der Waals surface area (Å²) in [5.74, 6) is 0.376. The molecule has 0 radical (unpaired) electrons. The lowest BCUT2D eigenvalue weighted by Crippen LogP contribution is -1.92. The second-order valence-corrected chi connectivity index (χ2v) is 2.68. The molecule has 2 rings (SSSR count). The van der Waals surface area contributed by atoms with E-state index in [9.17, 15) is 0 Å². The molecule has 0 unspecified atom stereocenters. The maximum atomic E-state index is 8.62. The van der Waals surface area contributed by atoms with Crippen molar-refractivity contribution < 1.29 is 5.11 Å². The molecule has 14 heavy (non-hydrogen) atoms. The minimum absolute atomic E-state index is 0.0336. The van der Waals surface area contributed by atoms with E-state index < -0.39 is 0 Å². The van der Waals surface area contributed by atoms with E-state index in [0.29, 0.717) is 22.5 Å². The number of rotatable bonds is 2. The molecule has 0 amide bonds. The summed E-state index contributed by atoms with van der Waals surface area (Å²) < 4.78 is 0. The topological polar surface area (TPSA) is 101 Å². The van der Waals surface area contributed by atoms with Crippen LogP contribution in [-0.2, 0) is 0 Å². The molecule has 2 heterocycles. The SMILES string of the molecule is Nc1ncnc2n[nH]c(C=CCO)c12. The van der Waals surface area contributed by atoms with Crippen LogP contribution in [0.3, 0.4) is 0 Å². The van der Waals surface area contributed by atoms with E-state index in [1.807, 2.05) is 0 Å². The lowest BCUT2D eigenvalue weighted by atomic mass is 10.2. The molecule has 0 saturated heterocycles. The third-order valence-corrected chi connectivity index (χ3v) is 1.80. The van der Waals surface area contributed by atoms with Crippen LogP contribution in [0.15, 0.2) is 12.4 Å². The van der Waals surface area contributed by atoms with Gasteiger partial charge in [0.1, 0.15) is 12.1 Å². The number of aliphatic hydroxyl groups is 1. The lowest BCUT2D eigenvalue weighted by Gasteiger charge is -1.93. The fourth-order valence-corrected chi connectivity index (χ4v) is 1.19. The first-order valence-corrected chi connectivity index (χ1v) is 4.05. The van der Waals surface area contributed by atoms with Crippen molar-refractivity contribution in [1.82, 2.24) is 20.2 Å². The third kappa shape index (κ3) is 1.31. The van der Waals surface area contributed by atoms with Crippen LogP contribution in [-0.4, -0.2) is 31.9 Å². The van der Waals surface area contributed by atoms with Crippen LogP contribution in [0.1, 0.15) is 5.69 Å². The van der Waals surface area contributed by atoms with Gasteiger partial charge in [0.25, 0.3) is 0 Å². The molecule has 72 valence electrons. The highest BCUT2D eigenvalue weighted by Crippen LogP contribution is 2.19. The number of nitrogens with two attached hydrogens (primary N) is 1. The minimum Gasteiger partial charge on any atom is -0.392 e. The van der Waals surface area contributed by atoms with Crippen molar-refractivity contribution in [3.05, 3.63) is 18.1 Å². The van der Waals surface area contributed by atoms with Gasteiger partial charge in [0, 0.05) is 0 Å². The number of aromatic amines is 1. The summed E-state index contributed by atoms with van der Waals surface area (Å²) in [7, 11) is 0. The first-order chi connectivity index (χ1) is 6.83. The van der Waals surface area contributed by atoms with E-state index in [4.69, 9.17) is 10.8 Å². The Kier molecular flexibility index (Phi) is 2.11. The second kappa shape index (κ2) is 3.43. The zero-order valence-electron chi connectivity index (χ0n) is 7.31. The molecule has 0 bridgehead atoms. The predicted molar refractivity (Wildman–Crippen MR) is 52.2 cm³/mol. The summed E-state index contributed by atoms with van der Waals surface area (Å²) in [5.41, 5.74) is 6.89. The number of aromatic nitrogens is 4. The maximum Gasteiger partial charge on any atom is 0.186 e. The lowest BCUT2D eigenvalue weighted by molar-refractivity contribution is 0.343. The van der Waals surface area contributed by atoms with Gasteiger partial charge >= 0.3 is 0 Å². The molecule has 6 nitrogen and oxygen atoms in total. The molecule has 0 aliphatic heterocycles. The molecular weight excluding hydrogens is 182 g/mol. The van der Waals surface area contributed by atoms with Crippen LogP contribution >= 0.6 is 0 Å². The maximum absolute atomic E-state index is 8.62. The van der Waals surface area contributed by atoms with Gasteiger partial charge in [-0.05, 0) is 6.08 Å². The van der Waals surface area contributed by atoms with Crippen LogP contribution in [0, 0.1) is 0 Å². The van der Waals surface area contributed by atoms with Gasteiger partial charge in [-0.25, -0.2) is 9.97 Å². The van der Waals surface area contributed by atoms with E-state index in [2.05, 4.69) is 20.2 Å². The number of fused-ring (bicyclic) bond motifs is 1. The highest BCUT2D eigenvalue weighted by Gasteiger charge is 2.07. The van der Waals surface area contributed by atoms with Crippen molar-refractivity contribution in [3.8, 4) is 0 Å². The first kappa shape index (κ1) is 8.64. The Bertz CT molecular complexity index is 476. The Balaban J connectivity index is 2.61. The van der Waals surface area contributed by atoms with E-state index in [1.165, 1.54) is 6.33 Å². The van der Waals surface area contributed by atoms with Crippen LogP contribution in [0.5, 0.6) is 0 Å². The Labute approximate surface area is 79.5 Å². The molecule has 2 aromatic heterocycles. The van der Waals surface area contributed by atoms with Crippen molar-refractivity contribution in [1.29, 1.82) is 0 Å². The van der Waals surface area contributed by atoms with Crippen molar-refractivity contribution in [3.63, 3.8) is 0 Å². The minimum atomic E-state index is -0.0336. The van der Waals surface area contributed by atoms with Crippen molar-refractivity contribution in [2.24, 2.45) is 0 Å². The van der Waals surface area contributed by atoms with Crippen LogP contribution in [0.25, 0.3) is 17.1 Å². The summed E-state index contributed by atoms with van der Waals surface area (Å²) in [6.07, 6.45) is 4.63. The molecule has 0 aliphatic carbocycles. The van der Waals surface area contributed by atoms with Gasteiger partial charge in [0.05, 0.1) is 17.7 Å². The number of nitrogens with zero attached hydrogens (tertiary/aromatic N) is 3. The molecule has 0 aliphatic rings. The standard InChI is InChI=1S/C8H9N5O/c9-7-6-5(2-1-3-14)12-13-8(6)11-4-10-7/h1-2,4,14H,3H2,(H3,9,10,11,12,13). The summed E-state index contributed by atoms with van der Waals surface area (Å²) in [4.78, 5) is 7.80. The third-order valence-electron chi connectivity index (χ3n) is 1.80. The van der Waals surface area contributed by atoms with Gasteiger partial charge in [0.15, 0.2) is 5.65 Å². The number of hydrogen-bond acceptors (Lipinski definition) is 5. The average molecular weight is 191 g/mol. The van der Waals surface area contributed by atoms with E-state index in [1.54, 1.807) is 12.2 Å². The van der Waals surface area contributed by atoms with Crippen molar-refractivity contribution in [2.45, 2.75) is 0 Å². The van der Waals surface area contributed by atoms with Gasteiger partial charge in [-0.3, -0.25) is 5.10 Å². The fraction of sp³-hybridized carbons (Fsp3) is 0.125. The molecule has 0 aromatic carbocycles. The molecule has 2 aromatic rings. The van der Waals surface area contributed by atoms with Gasteiger partial charge in [-0.2, -0.15) is 5.10 Å². The number of H-pyrrole nitrogens is 1. The molecule has 0 fully saturated rings. The van der Waals surface area contributed by atoms with E-state index >= 15 is 0 Å². The van der Waals surface area contributed by atoms with Gasteiger partial charge in [-0.1, -0.05) is 6.08 Å². The average Bonchev–Trinajstić information content (AvgIpc) is 2.59. The van der Waals surface area contributed by atoms with Gasteiger partial charge in [-0.15, -0.1) is 0 Å². The molecule has 0 spiro atoms. The van der Waals surface area contributed by atoms with Crippen molar-refractivity contribution in [2.75, 3.05) is 12.3 Å². The number of hydrogen-bond donors (Lipinski definition) is 3. The summed E-state index contributed by atoms with van der Waals surface area (Å²) in [5, 5.41) is 16.0. The largest absolute Gasteiger partial charge is 0.392 e. The second-order valence-electron chi connectivity index (χ2n) is 2.68. The Morgan fingerprint density at radius 3 is 3.14 bits per heavy atom. The van der Waals surface area contributed by atoms with Crippen molar-refractivity contribution >= 4 is 22.9 Å². The molecule has 0 saturated carbocycles. The monoisotopic (exact) mass is 191 g/mol. The Morgan fingerprint density at radius 2 is 2.36 bits per heavy atom. The first-order valence-electron chi connectivity index (χ1n) is 4.05. The summed E-state index contributed by atoms with van der Waals surface area (Å²) in [6.45, 7) is -0.0336. The van der Waals surface area contributed by atoms with Crippen LogP contribution in [0.4, 0.5) is 5.82 Å². The van der Waals surface area contributed by atoms with Crippen LogP contribution in [0.2, 0.25) is 0 Å². The number of nitrogen functional groups attached to an aromatic ring is 1.